The first-order chi connectivity index (χ1) is 9.75. The number of carbonyl (C=O) groups excluding carboxylic acids is 1. The van der Waals surface area contributed by atoms with Gasteiger partial charge in [0.05, 0.1) is 18.9 Å². The van der Waals surface area contributed by atoms with E-state index in [0.29, 0.717) is 0 Å². The first-order valence-electron chi connectivity index (χ1n) is 7.01. The molecule has 20 heavy (non-hydrogen) atoms. The Morgan fingerprint density at radius 3 is 3.00 bits per heavy atom. The third-order valence-corrected chi connectivity index (χ3v) is 3.95. The molecule has 1 fully saturated rings. The van der Waals surface area contributed by atoms with Gasteiger partial charge in [0, 0.05) is 31.3 Å². The van der Waals surface area contributed by atoms with Crippen molar-refractivity contribution < 1.29 is 4.79 Å². The summed E-state index contributed by atoms with van der Waals surface area (Å²) < 4.78 is 3.75. The molecular formula is C14H19N5O. The minimum absolute atomic E-state index is 0.164. The zero-order valence-electron chi connectivity index (χ0n) is 11.6. The zero-order chi connectivity index (χ0) is 13.9. The molecule has 2 aromatic heterocycles. The molecule has 106 valence electrons. The highest BCUT2D eigenvalue weighted by Crippen LogP contribution is 2.22. The normalized spacial score (nSPS) is 20.2. The van der Waals surface area contributed by atoms with Gasteiger partial charge in [-0.15, -0.1) is 0 Å². The van der Waals surface area contributed by atoms with Crippen LogP contribution in [0.1, 0.15) is 25.8 Å². The number of hydrogen-bond acceptors (Lipinski definition) is 3. The summed E-state index contributed by atoms with van der Waals surface area (Å²) in [5.74, 6) is 0.164. The average molecular weight is 273 g/mol. The van der Waals surface area contributed by atoms with Crippen molar-refractivity contribution in [2.75, 3.05) is 6.54 Å². The highest BCUT2D eigenvalue weighted by Gasteiger charge is 2.32. The van der Waals surface area contributed by atoms with Gasteiger partial charge in [0.25, 0.3) is 0 Å². The van der Waals surface area contributed by atoms with Crippen LogP contribution in [0.15, 0.2) is 37.2 Å². The molecule has 2 aromatic rings. The van der Waals surface area contributed by atoms with Crippen LogP contribution in [-0.4, -0.2) is 42.7 Å². The van der Waals surface area contributed by atoms with Crippen LogP contribution in [0.3, 0.4) is 0 Å². The van der Waals surface area contributed by atoms with Gasteiger partial charge in [-0.1, -0.05) is 0 Å². The number of aromatic nitrogens is 4. The Morgan fingerprint density at radius 1 is 1.40 bits per heavy atom. The topological polar surface area (TPSA) is 56.0 Å². The van der Waals surface area contributed by atoms with Crippen LogP contribution in [0.2, 0.25) is 0 Å². The molecule has 6 heteroatoms. The molecule has 0 N–H and O–H groups in total. The quantitative estimate of drug-likeness (QED) is 0.844. The second-order valence-corrected chi connectivity index (χ2v) is 5.24. The lowest BCUT2D eigenvalue weighted by Gasteiger charge is -2.27. The SMILES string of the molecule is CC(C(=O)N1CCCC1Cn1cccn1)n1ccnc1. The number of rotatable bonds is 4. The number of likely N-dealkylation sites (tertiary alicyclic amines) is 1. The van der Waals surface area contributed by atoms with Gasteiger partial charge >= 0.3 is 0 Å². The van der Waals surface area contributed by atoms with Gasteiger partial charge in [0.1, 0.15) is 6.04 Å². The summed E-state index contributed by atoms with van der Waals surface area (Å²) >= 11 is 0. The lowest BCUT2D eigenvalue weighted by Crippen LogP contribution is -2.41. The van der Waals surface area contributed by atoms with Crippen LogP contribution >= 0.6 is 0 Å². The molecule has 0 aromatic carbocycles. The van der Waals surface area contributed by atoms with Crippen molar-refractivity contribution in [3.63, 3.8) is 0 Å². The van der Waals surface area contributed by atoms with E-state index in [1.165, 1.54) is 0 Å². The van der Waals surface area contributed by atoms with Crippen molar-refractivity contribution in [1.29, 1.82) is 0 Å². The number of carbonyl (C=O) groups is 1. The monoisotopic (exact) mass is 273 g/mol. The van der Waals surface area contributed by atoms with Crippen molar-refractivity contribution in [3.05, 3.63) is 37.2 Å². The van der Waals surface area contributed by atoms with E-state index in [9.17, 15) is 4.79 Å². The molecule has 2 atom stereocenters. The third kappa shape index (κ3) is 2.45. The van der Waals surface area contributed by atoms with Gasteiger partial charge in [-0.25, -0.2) is 4.98 Å². The average Bonchev–Trinajstić information content (AvgIpc) is 3.20. The maximum atomic E-state index is 12.6. The number of nitrogens with zero attached hydrogens (tertiary/aromatic N) is 5. The Bertz CT molecular complexity index is 548. The van der Waals surface area contributed by atoms with E-state index in [2.05, 4.69) is 10.1 Å². The minimum atomic E-state index is -0.198. The van der Waals surface area contributed by atoms with Gasteiger partial charge in [-0.2, -0.15) is 5.10 Å². The van der Waals surface area contributed by atoms with E-state index >= 15 is 0 Å². The summed E-state index contributed by atoms with van der Waals surface area (Å²) in [7, 11) is 0. The third-order valence-electron chi connectivity index (χ3n) is 3.95. The Kier molecular flexibility index (Phi) is 3.54. The van der Waals surface area contributed by atoms with Crippen molar-refractivity contribution >= 4 is 5.91 Å². The molecule has 0 aliphatic carbocycles. The zero-order valence-corrected chi connectivity index (χ0v) is 11.6. The first kappa shape index (κ1) is 12.9. The maximum Gasteiger partial charge on any atom is 0.245 e. The van der Waals surface area contributed by atoms with E-state index < -0.39 is 0 Å². The van der Waals surface area contributed by atoms with Crippen LogP contribution in [0, 0.1) is 0 Å². The van der Waals surface area contributed by atoms with E-state index in [-0.39, 0.29) is 18.0 Å². The Labute approximate surface area is 118 Å². The van der Waals surface area contributed by atoms with Crippen molar-refractivity contribution in [2.24, 2.45) is 0 Å². The summed E-state index contributed by atoms with van der Waals surface area (Å²) in [6.07, 6.45) is 11.1. The van der Waals surface area contributed by atoms with Crippen LogP contribution in [0.4, 0.5) is 0 Å². The molecule has 0 spiro atoms. The Hall–Kier alpha value is -2.11. The smallest absolute Gasteiger partial charge is 0.245 e. The van der Waals surface area contributed by atoms with Gasteiger partial charge < -0.3 is 9.47 Å². The molecule has 1 aliphatic heterocycles. The predicted molar refractivity (Wildman–Crippen MR) is 73.9 cm³/mol. The van der Waals surface area contributed by atoms with Crippen LogP contribution in [0.25, 0.3) is 0 Å². The summed E-state index contributed by atoms with van der Waals surface area (Å²) in [5.41, 5.74) is 0. The molecule has 3 rings (SSSR count). The molecular weight excluding hydrogens is 254 g/mol. The van der Waals surface area contributed by atoms with Crippen molar-refractivity contribution in [2.45, 2.75) is 38.4 Å². The first-order valence-corrected chi connectivity index (χ1v) is 7.01. The van der Waals surface area contributed by atoms with Crippen molar-refractivity contribution in [3.8, 4) is 0 Å². The molecule has 1 aliphatic rings. The number of amides is 1. The molecule has 6 nitrogen and oxygen atoms in total. The van der Waals surface area contributed by atoms with Crippen LogP contribution in [-0.2, 0) is 11.3 Å². The Balaban J connectivity index is 1.70. The number of imidazole rings is 1. The molecule has 1 amide bonds. The van der Waals surface area contributed by atoms with Crippen LogP contribution in [0.5, 0.6) is 0 Å². The van der Waals surface area contributed by atoms with Gasteiger partial charge in [-0.3, -0.25) is 9.48 Å². The van der Waals surface area contributed by atoms with E-state index in [4.69, 9.17) is 0 Å². The van der Waals surface area contributed by atoms with Gasteiger partial charge in [0.2, 0.25) is 5.91 Å². The predicted octanol–water partition coefficient (Wildman–Crippen LogP) is 1.33. The molecule has 2 unspecified atom stereocenters. The highest BCUT2D eigenvalue weighted by atomic mass is 16.2. The van der Waals surface area contributed by atoms with Gasteiger partial charge in [0.15, 0.2) is 0 Å². The summed E-state index contributed by atoms with van der Waals surface area (Å²) in [5, 5.41) is 4.23. The lowest BCUT2D eigenvalue weighted by atomic mass is 10.2. The maximum absolute atomic E-state index is 12.6. The van der Waals surface area contributed by atoms with E-state index in [1.54, 1.807) is 18.7 Å². The van der Waals surface area contributed by atoms with E-state index in [0.717, 1.165) is 25.9 Å². The fourth-order valence-electron chi connectivity index (χ4n) is 2.81. The molecule has 0 radical (unpaired) electrons. The molecule has 0 saturated carbocycles. The second kappa shape index (κ2) is 5.48. The minimum Gasteiger partial charge on any atom is -0.336 e. The van der Waals surface area contributed by atoms with Gasteiger partial charge in [-0.05, 0) is 25.8 Å². The second-order valence-electron chi connectivity index (χ2n) is 5.24. The summed E-state index contributed by atoms with van der Waals surface area (Å²) in [6.45, 7) is 3.53. The fraction of sp³-hybridized carbons (Fsp3) is 0.500. The van der Waals surface area contributed by atoms with Crippen LogP contribution < -0.4 is 0 Å². The fourth-order valence-corrected chi connectivity index (χ4v) is 2.81. The lowest BCUT2D eigenvalue weighted by molar-refractivity contribution is -0.135. The summed E-state index contributed by atoms with van der Waals surface area (Å²) in [4.78, 5) is 18.6. The Morgan fingerprint density at radius 2 is 2.30 bits per heavy atom. The standard InChI is InChI=1S/C14H19N5O/c1-12(17-9-6-15-11-17)14(20)19-8-2-4-13(19)10-18-7-3-5-16-18/h3,5-7,9,11-13H,2,4,8,10H2,1H3. The summed E-state index contributed by atoms with van der Waals surface area (Å²) in [6, 6.07) is 1.96. The van der Waals surface area contributed by atoms with Crippen molar-refractivity contribution in [1.82, 2.24) is 24.2 Å². The molecule has 1 saturated heterocycles. The highest BCUT2D eigenvalue weighted by molar-refractivity contribution is 5.80. The van der Waals surface area contributed by atoms with E-state index in [1.807, 2.05) is 39.5 Å². The number of hydrogen-bond donors (Lipinski definition) is 0. The molecule has 3 heterocycles. The molecule has 0 bridgehead atoms. The largest absolute Gasteiger partial charge is 0.336 e.